The number of hydrogen-bond donors (Lipinski definition) is 0. The van der Waals surface area contributed by atoms with Gasteiger partial charge in [0.2, 0.25) is 0 Å². The molecule has 0 fully saturated rings. The third-order valence-corrected chi connectivity index (χ3v) is 3.61. The highest BCUT2D eigenvalue weighted by atomic mass is 14.1. The van der Waals surface area contributed by atoms with E-state index >= 15 is 0 Å². The molecule has 0 aliphatic heterocycles. The molecule has 0 aliphatic rings. The molecule has 0 spiro atoms. The molecule has 2 aromatic carbocycles. The van der Waals surface area contributed by atoms with Crippen LogP contribution >= 0.6 is 0 Å². The quantitative estimate of drug-likeness (QED) is 0.700. The molecule has 0 heterocycles. The minimum Gasteiger partial charge on any atom is -0.0614 e. The van der Waals surface area contributed by atoms with Gasteiger partial charge in [-0.1, -0.05) is 63.2 Å². The Balaban J connectivity index is 2.48. The van der Waals surface area contributed by atoms with E-state index in [1.807, 2.05) is 0 Å². The smallest absolute Gasteiger partial charge is 0.0152 e. The van der Waals surface area contributed by atoms with Gasteiger partial charge in [-0.3, -0.25) is 0 Å². The minimum absolute atomic E-state index is 1.10. The SMILES string of the molecule is CCc1cccc(-c2ccc(CC)cc2CC)c1. The highest BCUT2D eigenvalue weighted by Crippen LogP contribution is 2.26. The second-order valence-corrected chi connectivity index (χ2v) is 4.75. The molecule has 0 nitrogen and oxygen atoms in total. The average Bonchev–Trinajstić information content (AvgIpc) is 2.46. The van der Waals surface area contributed by atoms with Gasteiger partial charge in [-0.15, -0.1) is 0 Å². The molecule has 0 aromatic heterocycles. The molecule has 0 aliphatic carbocycles. The Labute approximate surface area is 111 Å². The highest BCUT2D eigenvalue weighted by Gasteiger charge is 2.05. The Morgan fingerprint density at radius 2 is 1.44 bits per heavy atom. The molecule has 94 valence electrons. The molecule has 0 saturated heterocycles. The molecule has 0 saturated carbocycles. The molecular formula is C18H22. The summed E-state index contributed by atoms with van der Waals surface area (Å²) in [6, 6.07) is 15.8. The van der Waals surface area contributed by atoms with Crippen LogP contribution in [0.4, 0.5) is 0 Å². The molecule has 2 aromatic rings. The van der Waals surface area contributed by atoms with Crippen LogP contribution in [0.1, 0.15) is 37.5 Å². The lowest BCUT2D eigenvalue weighted by molar-refractivity contribution is 1.09. The van der Waals surface area contributed by atoms with E-state index in [0.29, 0.717) is 0 Å². The Morgan fingerprint density at radius 3 is 2.11 bits per heavy atom. The van der Waals surface area contributed by atoms with Crippen LogP contribution in [0.3, 0.4) is 0 Å². The zero-order valence-corrected chi connectivity index (χ0v) is 11.7. The van der Waals surface area contributed by atoms with Crippen molar-refractivity contribution in [2.45, 2.75) is 40.0 Å². The molecule has 0 heteroatoms. The lowest BCUT2D eigenvalue weighted by Gasteiger charge is -2.11. The first-order valence-electron chi connectivity index (χ1n) is 6.99. The molecular weight excluding hydrogens is 216 g/mol. The Hall–Kier alpha value is -1.56. The fraction of sp³-hybridized carbons (Fsp3) is 0.333. The van der Waals surface area contributed by atoms with Gasteiger partial charge in [0.25, 0.3) is 0 Å². The van der Waals surface area contributed by atoms with Crippen LogP contribution in [0, 0.1) is 0 Å². The topological polar surface area (TPSA) is 0 Å². The lowest BCUT2D eigenvalue weighted by Crippen LogP contribution is -1.91. The largest absolute Gasteiger partial charge is 0.0614 e. The zero-order valence-electron chi connectivity index (χ0n) is 11.7. The number of hydrogen-bond acceptors (Lipinski definition) is 0. The lowest BCUT2D eigenvalue weighted by atomic mass is 9.94. The first-order valence-corrected chi connectivity index (χ1v) is 6.99. The van der Waals surface area contributed by atoms with Gasteiger partial charge < -0.3 is 0 Å². The summed E-state index contributed by atoms with van der Waals surface area (Å²) < 4.78 is 0. The minimum atomic E-state index is 1.10. The summed E-state index contributed by atoms with van der Waals surface area (Å²) in [6.45, 7) is 6.66. The molecule has 18 heavy (non-hydrogen) atoms. The van der Waals surface area contributed by atoms with E-state index in [4.69, 9.17) is 0 Å². The van der Waals surface area contributed by atoms with Crippen molar-refractivity contribution in [3.05, 3.63) is 59.2 Å². The van der Waals surface area contributed by atoms with Crippen molar-refractivity contribution in [3.63, 3.8) is 0 Å². The van der Waals surface area contributed by atoms with E-state index in [9.17, 15) is 0 Å². The summed E-state index contributed by atoms with van der Waals surface area (Å²) in [5, 5.41) is 0. The maximum Gasteiger partial charge on any atom is -0.0152 e. The first-order chi connectivity index (χ1) is 8.78. The van der Waals surface area contributed by atoms with E-state index < -0.39 is 0 Å². The van der Waals surface area contributed by atoms with Crippen LogP contribution in [-0.2, 0) is 19.3 Å². The van der Waals surface area contributed by atoms with E-state index in [1.54, 1.807) is 0 Å². The molecule has 2 rings (SSSR count). The second-order valence-electron chi connectivity index (χ2n) is 4.75. The van der Waals surface area contributed by atoms with Crippen molar-refractivity contribution < 1.29 is 0 Å². The maximum absolute atomic E-state index is 2.36. The summed E-state index contributed by atoms with van der Waals surface area (Å²) in [6.07, 6.45) is 3.31. The van der Waals surface area contributed by atoms with Crippen LogP contribution in [0.2, 0.25) is 0 Å². The van der Waals surface area contributed by atoms with Crippen molar-refractivity contribution in [1.82, 2.24) is 0 Å². The van der Waals surface area contributed by atoms with Gasteiger partial charge in [-0.05, 0) is 47.1 Å². The summed E-state index contributed by atoms with van der Waals surface area (Å²) in [7, 11) is 0. The van der Waals surface area contributed by atoms with Crippen molar-refractivity contribution in [2.75, 3.05) is 0 Å². The van der Waals surface area contributed by atoms with Gasteiger partial charge in [0.05, 0.1) is 0 Å². The number of aryl methyl sites for hydroxylation is 3. The molecule has 0 amide bonds. The first kappa shape index (κ1) is 12.9. The van der Waals surface area contributed by atoms with Crippen LogP contribution in [0.15, 0.2) is 42.5 Å². The Morgan fingerprint density at radius 1 is 0.722 bits per heavy atom. The van der Waals surface area contributed by atoms with Gasteiger partial charge in [0, 0.05) is 0 Å². The monoisotopic (exact) mass is 238 g/mol. The standard InChI is InChI=1S/C18H22/c1-4-14-8-7-9-17(13-14)18-11-10-15(5-2)12-16(18)6-3/h7-13H,4-6H2,1-3H3. The van der Waals surface area contributed by atoms with E-state index in [-0.39, 0.29) is 0 Å². The predicted octanol–water partition coefficient (Wildman–Crippen LogP) is 5.04. The Bertz CT molecular complexity index is 523. The van der Waals surface area contributed by atoms with Crippen LogP contribution < -0.4 is 0 Å². The summed E-state index contributed by atoms with van der Waals surface area (Å²) in [5.74, 6) is 0. The van der Waals surface area contributed by atoms with Crippen LogP contribution in [0.25, 0.3) is 11.1 Å². The van der Waals surface area contributed by atoms with Crippen molar-refractivity contribution in [3.8, 4) is 11.1 Å². The van der Waals surface area contributed by atoms with E-state index in [1.165, 1.54) is 27.8 Å². The predicted molar refractivity (Wildman–Crippen MR) is 80.0 cm³/mol. The zero-order chi connectivity index (χ0) is 13.0. The third-order valence-electron chi connectivity index (χ3n) is 3.61. The Kier molecular flexibility index (Phi) is 4.19. The van der Waals surface area contributed by atoms with Crippen molar-refractivity contribution in [1.29, 1.82) is 0 Å². The van der Waals surface area contributed by atoms with Gasteiger partial charge in [-0.25, -0.2) is 0 Å². The van der Waals surface area contributed by atoms with Gasteiger partial charge in [-0.2, -0.15) is 0 Å². The normalized spacial score (nSPS) is 10.6. The maximum atomic E-state index is 2.36. The molecule has 0 radical (unpaired) electrons. The summed E-state index contributed by atoms with van der Waals surface area (Å²) in [5.41, 5.74) is 7.05. The van der Waals surface area contributed by atoms with E-state index in [0.717, 1.165) is 19.3 Å². The summed E-state index contributed by atoms with van der Waals surface area (Å²) >= 11 is 0. The fourth-order valence-corrected chi connectivity index (χ4v) is 2.40. The van der Waals surface area contributed by atoms with Gasteiger partial charge >= 0.3 is 0 Å². The molecule has 0 bridgehead atoms. The third kappa shape index (κ3) is 2.64. The summed E-state index contributed by atoms with van der Waals surface area (Å²) in [4.78, 5) is 0. The fourth-order valence-electron chi connectivity index (χ4n) is 2.40. The van der Waals surface area contributed by atoms with Crippen LogP contribution in [-0.4, -0.2) is 0 Å². The highest BCUT2D eigenvalue weighted by molar-refractivity contribution is 5.68. The number of benzene rings is 2. The van der Waals surface area contributed by atoms with E-state index in [2.05, 4.69) is 63.2 Å². The average molecular weight is 238 g/mol. The van der Waals surface area contributed by atoms with Gasteiger partial charge in [0.15, 0.2) is 0 Å². The molecule has 0 unspecified atom stereocenters. The van der Waals surface area contributed by atoms with Gasteiger partial charge in [0.1, 0.15) is 0 Å². The van der Waals surface area contributed by atoms with Crippen LogP contribution in [0.5, 0.6) is 0 Å². The van der Waals surface area contributed by atoms with Crippen molar-refractivity contribution >= 4 is 0 Å². The number of rotatable bonds is 4. The molecule has 0 N–H and O–H groups in total. The molecule has 0 atom stereocenters. The van der Waals surface area contributed by atoms with Crippen molar-refractivity contribution in [2.24, 2.45) is 0 Å². The second kappa shape index (κ2) is 5.86.